The lowest BCUT2D eigenvalue weighted by atomic mass is 9.96. The Morgan fingerprint density at radius 3 is 1.93 bits per heavy atom. The summed E-state index contributed by atoms with van der Waals surface area (Å²) in [5.74, 6) is 0.440. The van der Waals surface area contributed by atoms with Crippen LogP contribution in [0.5, 0.6) is 0 Å². The lowest BCUT2D eigenvalue weighted by molar-refractivity contribution is 0.248. The molecule has 1 saturated carbocycles. The molecule has 0 radical (unpaired) electrons. The Morgan fingerprint density at radius 1 is 1.29 bits per heavy atom. The van der Waals surface area contributed by atoms with Crippen LogP contribution in [0.15, 0.2) is 0 Å². The molecule has 1 fully saturated rings. The molecule has 0 bridgehead atoms. The Kier molecular flexibility index (Phi) is 12.8. The molecule has 90 valence electrons. The van der Waals surface area contributed by atoms with Crippen molar-refractivity contribution >= 4 is 0 Å². The van der Waals surface area contributed by atoms with Crippen molar-refractivity contribution in [3.63, 3.8) is 0 Å². The molecule has 0 atom stereocenters. The van der Waals surface area contributed by atoms with Gasteiger partial charge in [0.15, 0.2) is 0 Å². The second-order valence-corrected chi connectivity index (χ2v) is 4.20. The summed E-state index contributed by atoms with van der Waals surface area (Å²) in [6.07, 6.45) is 7.13. The monoisotopic (exact) mass is 207 g/mol. The number of hydrogen-bond donors (Lipinski definition) is 2. The molecular weight excluding hydrogens is 178 g/mol. The van der Waals surface area contributed by atoms with Crippen LogP contribution in [0.2, 0.25) is 0 Å². The van der Waals surface area contributed by atoms with E-state index in [4.69, 9.17) is 5.11 Å². The zero-order chi connectivity index (χ0) is 10.1. The predicted octanol–water partition coefficient (Wildman–Crippen LogP) is 1.59. The number of nitrogens with one attached hydrogen (secondary N) is 1. The standard InChI is InChI=1S/C7H15N.C4H10O.H2O.H2/c1-8-7-5-3-2-4-6-7;1-4(2)3-5;;/h7-8H,2-6H2,1H3;4-5H,3H2,1-2H3;1H2;1H. The Labute approximate surface area is 89.7 Å². The lowest BCUT2D eigenvalue weighted by Gasteiger charge is -2.20. The molecule has 0 unspecified atom stereocenters. The second-order valence-electron chi connectivity index (χ2n) is 4.20. The van der Waals surface area contributed by atoms with E-state index >= 15 is 0 Å². The normalized spacial score (nSPS) is 16.9. The third-order valence-corrected chi connectivity index (χ3v) is 2.38. The highest BCUT2D eigenvalue weighted by atomic mass is 16.3. The number of rotatable bonds is 2. The fraction of sp³-hybridized carbons (Fsp3) is 1.00. The molecule has 0 aromatic carbocycles. The largest absolute Gasteiger partial charge is 0.412 e. The molecule has 0 amide bonds. The molecular formula is C11H29NO2. The SMILES string of the molecule is CC(C)CO.CNC1CCCCC1.O.[HH]. The van der Waals surface area contributed by atoms with Gasteiger partial charge in [-0.05, 0) is 25.8 Å². The molecule has 4 N–H and O–H groups in total. The summed E-state index contributed by atoms with van der Waals surface area (Å²) in [4.78, 5) is 0. The van der Waals surface area contributed by atoms with Crippen LogP contribution >= 0.6 is 0 Å². The molecule has 0 aromatic heterocycles. The van der Waals surface area contributed by atoms with Crippen LogP contribution in [0.4, 0.5) is 0 Å². The Hall–Kier alpha value is -0.120. The summed E-state index contributed by atoms with van der Waals surface area (Å²) in [5, 5.41) is 11.4. The zero-order valence-corrected chi connectivity index (χ0v) is 9.84. The van der Waals surface area contributed by atoms with Gasteiger partial charge in [-0.25, -0.2) is 0 Å². The van der Waals surface area contributed by atoms with Crippen LogP contribution in [0.3, 0.4) is 0 Å². The minimum Gasteiger partial charge on any atom is -0.412 e. The van der Waals surface area contributed by atoms with Gasteiger partial charge >= 0.3 is 0 Å². The van der Waals surface area contributed by atoms with Gasteiger partial charge in [0.1, 0.15) is 0 Å². The van der Waals surface area contributed by atoms with E-state index in [-0.39, 0.29) is 6.90 Å². The van der Waals surface area contributed by atoms with Crippen molar-refractivity contribution in [3.8, 4) is 0 Å². The number of hydrogen-bond acceptors (Lipinski definition) is 2. The summed E-state index contributed by atoms with van der Waals surface area (Å²) in [6.45, 7) is 4.25. The first-order valence-corrected chi connectivity index (χ1v) is 5.48. The molecule has 1 aliphatic rings. The fourth-order valence-electron chi connectivity index (χ4n) is 1.39. The van der Waals surface area contributed by atoms with E-state index in [1.807, 2.05) is 13.8 Å². The van der Waals surface area contributed by atoms with Crippen molar-refractivity contribution in [2.75, 3.05) is 13.7 Å². The van der Waals surface area contributed by atoms with Crippen molar-refractivity contribution in [2.24, 2.45) is 5.92 Å². The molecule has 0 saturated heterocycles. The summed E-state index contributed by atoms with van der Waals surface area (Å²) in [7, 11) is 2.07. The Morgan fingerprint density at radius 2 is 1.71 bits per heavy atom. The maximum Gasteiger partial charge on any atom is 0.0453 e. The number of aliphatic hydroxyl groups excluding tert-OH is 1. The lowest BCUT2D eigenvalue weighted by Crippen LogP contribution is -2.26. The van der Waals surface area contributed by atoms with Gasteiger partial charge in [-0.1, -0.05) is 33.1 Å². The molecule has 0 spiro atoms. The van der Waals surface area contributed by atoms with E-state index < -0.39 is 0 Å². The van der Waals surface area contributed by atoms with E-state index in [0.29, 0.717) is 12.5 Å². The van der Waals surface area contributed by atoms with Crippen LogP contribution < -0.4 is 5.32 Å². The van der Waals surface area contributed by atoms with Crippen LogP contribution in [0.25, 0.3) is 0 Å². The van der Waals surface area contributed by atoms with E-state index in [1.54, 1.807) is 0 Å². The third kappa shape index (κ3) is 9.96. The average molecular weight is 207 g/mol. The first-order chi connectivity index (χ1) is 6.20. The zero-order valence-electron chi connectivity index (χ0n) is 9.84. The van der Waals surface area contributed by atoms with Crippen molar-refractivity contribution < 1.29 is 12.0 Å². The molecule has 3 heteroatoms. The van der Waals surface area contributed by atoms with Crippen LogP contribution in [0.1, 0.15) is 47.4 Å². The van der Waals surface area contributed by atoms with Gasteiger partial charge in [-0.2, -0.15) is 0 Å². The van der Waals surface area contributed by atoms with Gasteiger partial charge < -0.3 is 15.9 Å². The summed E-state index contributed by atoms with van der Waals surface area (Å²) < 4.78 is 0. The maximum absolute atomic E-state index is 8.14. The number of aliphatic hydroxyl groups is 1. The smallest absolute Gasteiger partial charge is 0.0453 e. The topological polar surface area (TPSA) is 63.8 Å². The molecule has 0 aliphatic heterocycles. The third-order valence-electron chi connectivity index (χ3n) is 2.38. The van der Waals surface area contributed by atoms with Crippen LogP contribution in [0, 0.1) is 5.92 Å². The van der Waals surface area contributed by atoms with E-state index in [1.165, 1.54) is 32.1 Å². The maximum atomic E-state index is 8.14. The van der Waals surface area contributed by atoms with Gasteiger partial charge in [0.25, 0.3) is 0 Å². The molecule has 1 rings (SSSR count). The van der Waals surface area contributed by atoms with Gasteiger partial charge in [0.05, 0.1) is 0 Å². The first kappa shape index (κ1) is 16.3. The van der Waals surface area contributed by atoms with Gasteiger partial charge in [0, 0.05) is 14.1 Å². The van der Waals surface area contributed by atoms with E-state index in [9.17, 15) is 0 Å². The fourth-order valence-corrected chi connectivity index (χ4v) is 1.39. The molecule has 3 nitrogen and oxygen atoms in total. The predicted molar refractivity (Wildman–Crippen MR) is 63.6 cm³/mol. The minimum absolute atomic E-state index is 0. The highest BCUT2D eigenvalue weighted by molar-refractivity contribution is 4.68. The van der Waals surface area contributed by atoms with Crippen molar-refractivity contribution in [2.45, 2.75) is 52.0 Å². The van der Waals surface area contributed by atoms with Crippen molar-refractivity contribution in [1.29, 1.82) is 0 Å². The quantitative estimate of drug-likeness (QED) is 0.722. The van der Waals surface area contributed by atoms with Crippen molar-refractivity contribution in [1.82, 2.24) is 5.32 Å². The molecule has 14 heavy (non-hydrogen) atoms. The van der Waals surface area contributed by atoms with Crippen LogP contribution in [-0.2, 0) is 0 Å². The minimum atomic E-state index is 0. The summed E-state index contributed by atoms with van der Waals surface area (Å²) in [5.41, 5.74) is 0. The van der Waals surface area contributed by atoms with Gasteiger partial charge in [-0.3, -0.25) is 0 Å². The average Bonchev–Trinajstić information content (AvgIpc) is 2.20. The first-order valence-electron chi connectivity index (χ1n) is 5.48. The van der Waals surface area contributed by atoms with Gasteiger partial charge in [0.2, 0.25) is 0 Å². The highest BCUT2D eigenvalue weighted by Crippen LogP contribution is 2.16. The molecule has 0 aromatic rings. The Bertz CT molecular complexity index is 107. The van der Waals surface area contributed by atoms with E-state index in [2.05, 4.69) is 12.4 Å². The molecule has 1 aliphatic carbocycles. The highest BCUT2D eigenvalue weighted by Gasteiger charge is 2.09. The summed E-state index contributed by atoms with van der Waals surface area (Å²) in [6, 6.07) is 0.837. The van der Waals surface area contributed by atoms with Crippen LogP contribution in [-0.4, -0.2) is 30.3 Å². The van der Waals surface area contributed by atoms with Gasteiger partial charge in [-0.15, -0.1) is 0 Å². The molecule has 0 heterocycles. The summed E-state index contributed by atoms with van der Waals surface area (Å²) >= 11 is 0. The second kappa shape index (κ2) is 11.0. The Balaban J connectivity index is -0.000000185. The van der Waals surface area contributed by atoms with E-state index in [0.717, 1.165) is 6.04 Å². The van der Waals surface area contributed by atoms with Crippen molar-refractivity contribution in [3.05, 3.63) is 0 Å².